The number of thioether (sulfide) groups is 1. The number of benzene rings is 2. The predicted octanol–water partition coefficient (Wildman–Crippen LogP) is 2.69. The van der Waals surface area contributed by atoms with E-state index >= 15 is 0 Å². The molecule has 0 aliphatic rings. The Morgan fingerprint density at radius 2 is 1.97 bits per heavy atom. The number of hydrogen-bond donors (Lipinski definition) is 1. The zero-order valence-electron chi connectivity index (χ0n) is 17.7. The van der Waals surface area contributed by atoms with Crippen LogP contribution in [0.25, 0.3) is 16.7 Å². The number of hydrogen-bond acceptors (Lipinski definition) is 6. The summed E-state index contributed by atoms with van der Waals surface area (Å²) in [5, 5.41) is 12.5. The maximum Gasteiger partial charge on any atom is 0.263 e. The minimum absolute atomic E-state index is 0.0935. The Hall–Kier alpha value is -3.59. The monoisotopic (exact) mass is 449 g/mol. The molecule has 32 heavy (non-hydrogen) atoms. The molecule has 0 fully saturated rings. The van der Waals surface area contributed by atoms with Gasteiger partial charge in [0.05, 0.1) is 23.8 Å². The van der Waals surface area contributed by atoms with Crippen molar-refractivity contribution in [2.24, 2.45) is 0 Å². The molecule has 2 heterocycles. The summed E-state index contributed by atoms with van der Waals surface area (Å²) >= 11 is 1.28. The van der Waals surface area contributed by atoms with E-state index in [9.17, 15) is 9.59 Å². The average molecular weight is 450 g/mol. The van der Waals surface area contributed by atoms with E-state index in [0.29, 0.717) is 34.9 Å². The lowest BCUT2D eigenvalue weighted by Crippen LogP contribution is -2.27. The summed E-state index contributed by atoms with van der Waals surface area (Å²) in [5.41, 5.74) is 1.68. The van der Waals surface area contributed by atoms with E-state index in [-0.39, 0.29) is 17.2 Å². The van der Waals surface area contributed by atoms with E-state index in [1.54, 1.807) is 19.3 Å². The molecule has 4 aromatic rings. The fourth-order valence-electron chi connectivity index (χ4n) is 3.44. The molecule has 1 amide bonds. The van der Waals surface area contributed by atoms with Gasteiger partial charge in [0, 0.05) is 13.1 Å². The summed E-state index contributed by atoms with van der Waals surface area (Å²) in [6, 6.07) is 15.1. The molecule has 1 N–H and O–H groups in total. The topological polar surface area (TPSA) is 90.5 Å². The molecule has 0 saturated carbocycles. The number of rotatable bonds is 9. The molecule has 164 valence electrons. The number of para-hydroxylation sites is 1. The smallest absolute Gasteiger partial charge is 0.263 e. The number of aromatic nitrogens is 4. The zero-order valence-corrected chi connectivity index (χ0v) is 18.5. The summed E-state index contributed by atoms with van der Waals surface area (Å²) in [4.78, 5) is 25.2. The van der Waals surface area contributed by atoms with Gasteiger partial charge in [-0.15, -0.1) is 16.8 Å². The standard InChI is InChI=1S/C23H23N5O3S/c1-3-14-27-21(30)18-6-4-5-7-19(18)28-22(27)25-26-23(28)32-15-20(29)24-13-12-16-8-10-17(31-2)11-9-16/h3-11H,1,12-15H2,2H3,(H,24,29). The highest BCUT2D eigenvalue weighted by atomic mass is 32.2. The van der Waals surface area contributed by atoms with Crippen molar-refractivity contribution in [1.29, 1.82) is 0 Å². The lowest BCUT2D eigenvalue weighted by molar-refractivity contribution is -0.118. The third-order valence-electron chi connectivity index (χ3n) is 5.02. The molecule has 0 spiro atoms. The lowest BCUT2D eigenvalue weighted by atomic mass is 10.1. The van der Waals surface area contributed by atoms with Gasteiger partial charge in [0.25, 0.3) is 5.56 Å². The molecule has 0 atom stereocenters. The summed E-state index contributed by atoms with van der Waals surface area (Å²) in [5.74, 6) is 1.33. The number of nitrogens with one attached hydrogen (secondary N) is 1. The lowest BCUT2D eigenvalue weighted by Gasteiger charge is -2.09. The highest BCUT2D eigenvalue weighted by Crippen LogP contribution is 2.21. The van der Waals surface area contributed by atoms with Crippen molar-refractivity contribution >= 4 is 34.3 Å². The number of fused-ring (bicyclic) bond motifs is 3. The maximum absolute atomic E-state index is 12.8. The minimum Gasteiger partial charge on any atom is -0.497 e. The normalized spacial score (nSPS) is 11.0. The Kier molecular flexibility index (Phi) is 6.55. The highest BCUT2D eigenvalue weighted by Gasteiger charge is 2.17. The van der Waals surface area contributed by atoms with Gasteiger partial charge in [0.1, 0.15) is 5.75 Å². The van der Waals surface area contributed by atoms with Gasteiger partial charge in [-0.3, -0.25) is 18.6 Å². The van der Waals surface area contributed by atoms with Gasteiger partial charge < -0.3 is 10.1 Å². The van der Waals surface area contributed by atoms with Crippen LogP contribution in [0.1, 0.15) is 5.56 Å². The number of amides is 1. The minimum atomic E-state index is -0.145. The molecule has 2 aromatic heterocycles. The van der Waals surface area contributed by atoms with E-state index in [0.717, 1.165) is 17.7 Å². The molecule has 0 bridgehead atoms. The SMILES string of the molecule is C=CCn1c(=O)c2ccccc2n2c(SCC(=O)NCCc3ccc(OC)cc3)nnc12. The largest absolute Gasteiger partial charge is 0.497 e. The third kappa shape index (κ3) is 4.38. The molecule has 0 unspecified atom stereocenters. The van der Waals surface area contributed by atoms with Gasteiger partial charge in [-0.25, -0.2) is 0 Å². The Morgan fingerprint density at radius 3 is 2.72 bits per heavy atom. The summed E-state index contributed by atoms with van der Waals surface area (Å²) in [7, 11) is 1.63. The van der Waals surface area contributed by atoms with Crippen LogP contribution in [-0.2, 0) is 17.8 Å². The van der Waals surface area contributed by atoms with Crippen LogP contribution in [0.2, 0.25) is 0 Å². The first kappa shape index (κ1) is 21.6. The first-order chi connectivity index (χ1) is 15.6. The van der Waals surface area contributed by atoms with Crippen molar-refractivity contribution in [3.8, 4) is 5.75 Å². The molecule has 8 nitrogen and oxygen atoms in total. The van der Waals surface area contributed by atoms with Crippen LogP contribution in [0.3, 0.4) is 0 Å². The molecule has 2 aromatic carbocycles. The zero-order chi connectivity index (χ0) is 22.5. The molecule has 4 rings (SSSR count). The second-order valence-electron chi connectivity index (χ2n) is 7.08. The molecule has 0 radical (unpaired) electrons. The van der Waals surface area contributed by atoms with Gasteiger partial charge >= 0.3 is 0 Å². The highest BCUT2D eigenvalue weighted by molar-refractivity contribution is 7.99. The van der Waals surface area contributed by atoms with Crippen molar-refractivity contribution in [3.63, 3.8) is 0 Å². The predicted molar refractivity (Wildman–Crippen MR) is 125 cm³/mol. The maximum atomic E-state index is 12.8. The van der Waals surface area contributed by atoms with E-state index < -0.39 is 0 Å². The van der Waals surface area contributed by atoms with E-state index in [4.69, 9.17) is 4.74 Å². The quantitative estimate of drug-likeness (QED) is 0.312. The van der Waals surface area contributed by atoms with E-state index in [2.05, 4.69) is 22.1 Å². The van der Waals surface area contributed by atoms with Crippen molar-refractivity contribution in [1.82, 2.24) is 24.5 Å². The number of allylic oxidation sites excluding steroid dienone is 1. The van der Waals surface area contributed by atoms with Crippen molar-refractivity contribution in [2.75, 3.05) is 19.4 Å². The Morgan fingerprint density at radius 1 is 1.19 bits per heavy atom. The molecular weight excluding hydrogens is 426 g/mol. The molecule has 0 saturated heterocycles. The second-order valence-corrected chi connectivity index (χ2v) is 8.02. The van der Waals surface area contributed by atoms with E-state index in [1.165, 1.54) is 16.3 Å². The van der Waals surface area contributed by atoms with Gasteiger partial charge in [-0.2, -0.15) is 0 Å². The van der Waals surface area contributed by atoms with Crippen LogP contribution in [0.15, 0.2) is 71.1 Å². The molecule has 0 aliphatic carbocycles. The molecule has 0 aliphatic heterocycles. The van der Waals surface area contributed by atoms with Crippen LogP contribution < -0.4 is 15.6 Å². The van der Waals surface area contributed by atoms with Gasteiger partial charge in [-0.1, -0.05) is 42.1 Å². The molecule has 9 heteroatoms. The van der Waals surface area contributed by atoms with Crippen LogP contribution in [0, 0.1) is 0 Å². The van der Waals surface area contributed by atoms with Crippen molar-refractivity contribution < 1.29 is 9.53 Å². The Bertz CT molecular complexity index is 1330. The third-order valence-corrected chi connectivity index (χ3v) is 5.95. The van der Waals surface area contributed by atoms with Gasteiger partial charge in [0.15, 0.2) is 5.16 Å². The molecular formula is C23H23N5O3S. The first-order valence-corrected chi connectivity index (χ1v) is 11.1. The summed E-state index contributed by atoms with van der Waals surface area (Å²) < 4.78 is 8.50. The average Bonchev–Trinajstić information content (AvgIpc) is 3.25. The number of ether oxygens (including phenoxy) is 1. The van der Waals surface area contributed by atoms with Crippen molar-refractivity contribution in [3.05, 3.63) is 77.1 Å². The van der Waals surface area contributed by atoms with Gasteiger partial charge in [0.2, 0.25) is 11.7 Å². The van der Waals surface area contributed by atoms with Crippen LogP contribution in [0.4, 0.5) is 0 Å². The fourth-order valence-corrected chi connectivity index (χ4v) is 4.21. The summed E-state index contributed by atoms with van der Waals surface area (Å²) in [6.07, 6.45) is 2.38. The van der Waals surface area contributed by atoms with Crippen LogP contribution in [0.5, 0.6) is 5.75 Å². The Balaban J connectivity index is 1.46. The fraction of sp³-hybridized carbons (Fsp3) is 0.217. The van der Waals surface area contributed by atoms with Crippen LogP contribution in [-0.4, -0.2) is 44.5 Å². The number of methoxy groups -OCH3 is 1. The van der Waals surface area contributed by atoms with Crippen molar-refractivity contribution in [2.45, 2.75) is 18.1 Å². The van der Waals surface area contributed by atoms with Gasteiger partial charge in [-0.05, 0) is 36.2 Å². The second kappa shape index (κ2) is 9.69. The van der Waals surface area contributed by atoms with Crippen LogP contribution >= 0.6 is 11.8 Å². The first-order valence-electron chi connectivity index (χ1n) is 10.1. The number of nitrogens with zero attached hydrogens (tertiary/aromatic N) is 4. The number of carbonyl (C=O) groups is 1. The van der Waals surface area contributed by atoms with E-state index in [1.807, 2.05) is 46.9 Å². The Labute approximate surface area is 188 Å². The summed E-state index contributed by atoms with van der Waals surface area (Å²) in [6.45, 7) is 4.58. The number of carbonyl (C=O) groups excluding carboxylic acids is 1.